The second-order valence-electron chi connectivity index (χ2n) is 3.27. The van der Waals surface area contributed by atoms with Gasteiger partial charge >= 0.3 is 0 Å². The Bertz CT molecular complexity index is 523. The van der Waals surface area contributed by atoms with E-state index in [1.165, 1.54) is 11.8 Å². The van der Waals surface area contributed by atoms with Crippen LogP contribution in [0.15, 0.2) is 17.7 Å². The summed E-state index contributed by atoms with van der Waals surface area (Å²) in [5, 5.41) is 18.9. The van der Waals surface area contributed by atoms with E-state index in [-0.39, 0.29) is 0 Å². The Balaban J connectivity index is 3.44. The summed E-state index contributed by atoms with van der Waals surface area (Å²) in [6, 6.07) is 4.17. The van der Waals surface area contributed by atoms with Gasteiger partial charge in [0.05, 0.1) is 0 Å². The van der Waals surface area contributed by atoms with Gasteiger partial charge in [0.15, 0.2) is 5.03 Å². The highest BCUT2D eigenvalue weighted by Gasteiger charge is 2.20. The standard InChI is InChI=1S/C12H12N4S/c1-3-5-17-12-10(7-14)8(4-2)9(6-13)11(15)16-12/h3H,1,4-5H2,2H3,(H2,15,16)/p+1. The van der Waals surface area contributed by atoms with Gasteiger partial charge in [-0.05, 0) is 6.42 Å². The van der Waals surface area contributed by atoms with E-state index >= 15 is 0 Å². The quantitative estimate of drug-likeness (QED) is 0.645. The number of nitrogens with zero attached hydrogens (tertiary/aromatic N) is 2. The normalized spacial score (nSPS) is 9.35. The number of aromatic nitrogens is 1. The predicted molar refractivity (Wildman–Crippen MR) is 67.1 cm³/mol. The second kappa shape index (κ2) is 5.93. The van der Waals surface area contributed by atoms with Crippen molar-refractivity contribution in [1.82, 2.24) is 0 Å². The van der Waals surface area contributed by atoms with Crippen LogP contribution in [0.3, 0.4) is 0 Å². The maximum atomic E-state index is 9.18. The molecule has 4 nitrogen and oxygen atoms in total. The molecule has 0 amide bonds. The highest BCUT2D eigenvalue weighted by molar-refractivity contribution is 7.99. The van der Waals surface area contributed by atoms with Gasteiger partial charge in [0.1, 0.15) is 23.3 Å². The van der Waals surface area contributed by atoms with Gasteiger partial charge in [-0.25, -0.2) is 4.98 Å². The van der Waals surface area contributed by atoms with E-state index in [9.17, 15) is 5.26 Å². The molecule has 0 unspecified atom stereocenters. The van der Waals surface area contributed by atoms with Crippen molar-refractivity contribution in [3.8, 4) is 12.1 Å². The van der Waals surface area contributed by atoms with Crippen molar-refractivity contribution in [2.75, 3.05) is 11.5 Å². The van der Waals surface area contributed by atoms with Crippen molar-refractivity contribution in [3.05, 3.63) is 29.3 Å². The molecule has 1 aromatic heterocycles. The van der Waals surface area contributed by atoms with E-state index in [1.54, 1.807) is 6.08 Å². The predicted octanol–water partition coefficient (Wildman–Crippen LogP) is 1.67. The summed E-state index contributed by atoms with van der Waals surface area (Å²) < 4.78 is 0. The van der Waals surface area contributed by atoms with Crippen LogP contribution >= 0.6 is 11.8 Å². The topological polar surface area (TPSA) is 87.7 Å². The number of hydrogen-bond acceptors (Lipinski definition) is 4. The van der Waals surface area contributed by atoms with Gasteiger partial charge in [0, 0.05) is 11.3 Å². The summed E-state index contributed by atoms with van der Waals surface area (Å²) in [6.07, 6.45) is 2.35. The highest BCUT2D eigenvalue weighted by atomic mass is 32.2. The van der Waals surface area contributed by atoms with Gasteiger partial charge in [-0.1, -0.05) is 24.8 Å². The third-order valence-corrected chi connectivity index (χ3v) is 3.27. The van der Waals surface area contributed by atoms with Crippen molar-refractivity contribution >= 4 is 17.6 Å². The third-order valence-electron chi connectivity index (χ3n) is 2.27. The first-order chi connectivity index (χ1) is 8.19. The molecule has 0 saturated heterocycles. The van der Waals surface area contributed by atoms with E-state index in [0.717, 1.165) is 0 Å². The maximum Gasteiger partial charge on any atom is 0.289 e. The van der Waals surface area contributed by atoms with Gasteiger partial charge in [-0.2, -0.15) is 10.5 Å². The van der Waals surface area contributed by atoms with Gasteiger partial charge in [-0.15, -0.1) is 6.58 Å². The number of aromatic amines is 1. The van der Waals surface area contributed by atoms with Gasteiger partial charge < -0.3 is 0 Å². The monoisotopic (exact) mass is 245 g/mol. The maximum absolute atomic E-state index is 9.18. The van der Waals surface area contributed by atoms with Gasteiger partial charge in [0.25, 0.3) is 5.82 Å². The molecule has 3 N–H and O–H groups in total. The average Bonchev–Trinajstić information content (AvgIpc) is 2.35. The number of nitrogens with one attached hydrogen (secondary N) is 1. The first kappa shape index (κ1) is 13.1. The summed E-state index contributed by atoms with van der Waals surface area (Å²) in [5.74, 6) is 0.995. The molecular formula is C12H13N4S+. The lowest BCUT2D eigenvalue weighted by Crippen LogP contribution is -2.19. The molecule has 1 rings (SSSR count). The van der Waals surface area contributed by atoms with Crippen molar-refractivity contribution in [1.29, 1.82) is 10.5 Å². The van der Waals surface area contributed by atoms with E-state index in [1.807, 2.05) is 13.0 Å². The highest BCUT2D eigenvalue weighted by Crippen LogP contribution is 2.25. The smallest absolute Gasteiger partial charge is 0.286 e. The summed E-state index contributed by atoms with van der Waals surface area (Å²) in [5.41, 5.74) is 7.36. The van der Waals surface area contributed by atoms with Crippen LogP contribution in [0.4, 0.5) is 5.82 Å². The summed E-state index contributed by atoms with van der Waals surface area (Å²) in [7, 11) is 0. The molecule has 0 fully saturated rings. The van der Waals surface area contributed by atoms with Gasteiger partial charge in [0.2, 0.25) is 0 Å². The van der Waals surface area contributed by atoms with E-state index in [2.05, 4.69) is 17.6 Å². The molecule has 0 bridgehead atoms. The molecule has 0 atom stereocenters. The van der Waals surface area contributed by atoms with Crippen LogP contribution in [0.1, 0.15) is 23.6 Å². The van der Waals surface area contributed by atoms with Crippen LogP contribution in [0.5, 0.6) is 0 Å². The van der Waals surface area contributed by atoms with Crippen LogP contribution in [0, 0.1) is 22.7 Å². The zero-order chi connectivity index (χ0) is 12.8. The molecule has 0 aliphatic rings. The largest absolute Gasteiger partial charge is 0.289 e. The lowest BCUT2D eigenvalue weighted by molar-refractivity contribution is -0.410. The fraction of sp³-hybridized carbons (Fsp3) is 0.250. The molecule has 1 heterocycles. The lowest BCUT2D eigenvalue weighted by Gasteiger charge is -2.06. The van der Waals surface area contributed by atoms with Gasteiger partial charge in [-0.3, -0.25) is 5.73 Å². The fourth-order valence-corrected chi connectivity index (χ4v) is 2.30. The van der Waals surface area contributed by atoms with Crippen LogP contribution in [-0.2, 0) is 6.42 Å². The number of nitrogen functional groups attached to an aromatic ring is 1. The Labute approximate surface area is 105 Å². The Morgan fingerprint density at radius 1 is 1.41 bits per heavy atom. The molecule has 5 heteroatoms. The minimum Gasteiger partial charge on any atom is -0.286 e. The minimum absolute atomic E-state index is 0.315. The van der Waals surface area contributed by atoms with Crippen molar-refractivity contribution < 1.29 is 4.98 Å². The number of thioether (sulfide) groups is 1. The summed E-state index contributed by atoms with van der Waals surface area (Å²) in [6.45, 7) is 5.53. The van der Waals surface area contributed by atoms with E-state index < -0.39 is 0 Å². The number of pyridine rings is 1. The number of anilines is 1. The molecule has 1 aromatic rings. The molecule has 0 aromatic carbocycles. The van der Waals surface area contributed by atoms with E-state index in [4.69, 9.17) is 11.0 Å². The molecule has 0 aliphatic carbocycles. The molecule has 0 aliphatic heterocycles. The Morgan fingerprint density at radius 3 is 2.53 bits per heavy atom. The van der Waals surface area contributed by atoms with Crippen molar-refractivity contribution in [2.24, 2.45) is 0 Å². The van der Waals surface area contributed by atoms with Crippen LogP contribution in [0.2, 0.25) is 0 Å². The molecular weight excluding hydrogens is 232 g/mol. The minimum atomic E-state index is 0.315. The number of nitriles is 2. The summed E-state index contributed by atoms with van der Waals surface area (Å²) in [4.78, 5) is 2.90. The zero-order valence-electron chi connectivity index (χ0n) is 9.58. The second-order valence-corrected chi connectivity index (χ2v) is 4.30. The van der Waals surface area contributed by atoms with Crippen LogP contribution in [-0.4, -0.2) is 5.75 Å². The lowest BCUT2D eigenvalue weighted by atomic mass is 10.0. The molecule has 0 spiro atoms. The average molecular weight is 245 g/mol. The zero-order valence-corrected chi connectivity index (χ0v) is 10.4. The number of rotatable bonds is 4. The molecule has 86 valence electrons. The number of hydrogen-bond donors (Lipinski definition) is 1. The number of nitrogens with two attached hydrogens (primary N) is 1. The summed E-state index contributed by atoms with van der Waals surface area (Å²) >= 11 is 1.45. The first-order valence-electron chi connectivity index (χ1n) is 5.11. The van der Waals surface area contributed by atoms with E-state index in [0.29, 0.717) is 39.7 Å². The van der Waals surface area contributed by atoms with Crippen molar-refractivity contribution in [2.45, 2.75) is 18.4 Å². The van der Waals surface area contributed by atoms with Crippen LogP contribution in [0.25, 0.3) is 0 Å². The number of H-pyrrole nitrogens is 1. The Morgan fingerprint density at radius 2 is 2.06 bits per heavy atom. The van der Waals surface area contributed by atoms with Crippen molar-refractivity contribution in [3.63, 3.8) is 0 Å². The molecule has 0 saturated carbocycles. The molecule has 17 heavy (non-hydrogen) atoms. The molecule has 0 radical (unpaired) electrons. The fourth-order valence-electron chi connectivity index (χ4n) is 1.52. The van der Waals surface area contributed by atoms with Crippen LogP contribution < -0.4 is 10.7 Å². The Kier molecular flexibility index (Phi) is 4.56. The Hall–Kier alpha value is -1.98. The third kappa shape index (κ3) is 2.58. The first-order valence-corrected chi connectivity index (χ1v) is 6.09. The SMILES string of the molecule is C=CCSc1[nH+]c(N)c(C#N)c(CC)c1C#N.